The van der Waals surface area contributed by atoms with Crippen LogP contribution in [0.5, 0.6) is 0 Å². The first-order valence-electron chi connectivity index (χ1n) is 5.64. The summed E-state index contributed by atoms with van der Waals surface area (Å²) in [5, 5.41) is 18.2. The molecule has 0 aromatic carbocycles. The molecule has 1 N–H and O–H groups in total. The van der Waals surface area contributed by atoms with Crippen molar-refractivity contribution in [3.8, 4) is 6.07 Å². The lowest BCUT2D eigenvalue weighted by molar-refractivity contribution is 0.0199. The molecule has 0 aliphatic heterocycles. The first-order chi connectivity index (χ1) is 7.27. The molecule has 86 valence electrons. The highest BCUT2D eigenvalue weighted by atomic mass is 16.5. The van der Waals surface area contributed by atoms with Crippen molar-refractivity contribution in [3.63, 3.8) is 0 Å². The van der Waals surface area contributed by atoms with Crippen LogP contribution in [0.3, 0.4) is 0 Å². The van der Waals surface area contributed by atoms with Crippen LogP contribution < -0.4 is 0 Å². The Bertz CT molecular complexity index is 211. The molecule has 0 aromatic heterocycles. The zero-order valence-electron chi connectivity index (χ0n) is 9.35. The second-order valence-electron chi connectivity index (χ2n) is 3.95. The predicted octanol–water partition coefficient (Wildman–Crippen LogP) is 0.762. The van der Waals surface area contributed by atoms with Crippen LogP contribution in [0.4, 0.5) is 0 Å². The van der Waals surface area contributed by atoms with Crippen LogP contribution >= 0.6 is 0 Å². The van der Waals surface area contributed by atoms with E-state index in [0.29, 0.717) is 32.2 Å². The molecule has 1 aliphatic carbocycles. The van der Waals surface area contributed by atoms with E-state index < -0.39 is 6.10 Å². The SMILES string of the molecule is CCOCC(O)CN(CCC#N)C1CC1. The molecule has 1 unspecified atom stereocenters. The first kappa shape index (κ1) is 12.4. The van der Waals surface area contributed by atoms with Crippen LogP contribution in [0.15, 0.2) is 0 Å². The normalized spacial score (nSPS) is 17.7. The van der Waals surface area contributed by atoms with Crippen LogP contribution in [0, 0.1) is 11.3 Å². The largest absolute Gasteiger partial charge is 0.389 e. The van der Waals surface area contributed by atoms with Crippen LogP contribution in [0.1, 0.15) is 26.2 Å². The molecule has 0 amide bonds. The van der Waals surface area contributed by atoms with Crippen LogP contribution in [-0.2, 0) is 4.74 Å². The lowest BCUT2D eigenvalue weighted by atomic mass is 10.3. The van der Waals surface area contributed by atoms with E-state index in [1.807, 2.05) is 6.92 Å². The fourth-order valence-corrected chi connectivity index (χ4v) is 1.63. The smallest absolute Gasteiger partial charge is 0.0900 e. The van der Waals surface area contributed by atoms with E-state index in [1.165, 1.54) is 12.8 Å². The van der Waals surface area contributed by atoms with Crippen LogP contribution in [-0.4, -0.2) is 48.5 Å². The molecule has 4 heteroatoms. The Morgan fingerprint density at radius 3 is 2.87 bits per heavy atom. The van der Waals surface area contributed by atoms with Crippen molar-refractivity contribution in [1.29, 1.82) is 5.26 Å². The van der Waals surface area contributed by atoms with Gasteiger partial charge >= 0.3 is 0 Å². The molecular formula is C11H20N2O2. The predicted molar refractivity (Wildman–Crippen MR) is 57.3 cm³/mol. The third-order valence-corrected chi connectivity index (χ3v) is 2.53. The average molecular weight is 212 g/mol. The van der Waals surface area contributed by atoms with Crippen molar-refractivity contribution >= 4 is 0 Å². The molecule has 0 spiro atoms. The van der Waals surface area contributed by atoms with Gasteiger partial charge in [0.2, 0.25) is 0 Å². The molecule has 0 aromatic rings. The van der Waals surface area contributed by atoms with Gasteiger partial charge in [0.05, 0.1) is 18.8 Å². The van der Waals surface area contributed by atoms with Crippen molar-refractivity contribution in [3.05, 3.63) is 0 Å². The number of nitrogens with zero attached hydrogens (tertiary/aromatic N) is 2. The summed E-state index contributed by atoms with van der Waals surface area (Å²) in [6.45, 7) is 4.35. The van der Waals surface area contributed by atoms with Crippen molar-refractivity contribution < 1.29 is 9.84 Å². The van der Waals surface area contributed by atoms with Gasteiger partial charge in [0.15, 0.2) is 0 Å². The summed E-state index contributed by atoms with van der Waals surface area (Å²) in [5.74, 6) is 0. The quantitative estimate of drug-likeness (QED) is 0.645. The zero-order valence-corrected chi connectivity index (χ0v) is 9.35. The highest BCUT2D eigenvalue weighted by Crippen LogP contribution is 2.26. The standard InChI is InChI=1S/C11H20N2O2/c1-2-15-9-11(14)8-13(7-3-6-12)10-4-5-10/h10-11,14H,2-5,7-9H2,1H3. The summed E-state index contributed by atoms with van der Waals surface area (Å²) in [4.78, 5) is 2.20. The highest BCUT2D eigenvalue weighted by molar-refractivity contribution is 4.87. The van der Waals surface area contributed by atoms with Crippen LogP contribution in [0.25, 0.3) is 0 Å². The Hall–Kier alpha value is -0.630. The van der Waals surface area contributed by atoms with Gasteiger partial charge in [-0.3, -0.25) is 4.90 Å². The molecule has 0 radical (unpaired) electrons. The Morgan fingerprint density at radius 1 is 1.60 bits per heavy atom. The van der Waals surface area contributed by atoms with E-state index in [2.05, 4.69) is 11.0 Å². The maximum Gasteiger partial charge on any atom is 0.0900 e. The molecule has 1 aliphatic rings. The fraction of sp³-hybridized carbons (Fsp3) is 0.909. The summed E-state index contributed by atoms with van der Waals surface area (Å²) >= 11 is 0. The number of aliphatic hydroxyl groups is 1. The lowest BCUT2D eigenvalue weighted by Gasteiger charge is -2.23. The van der Waals surface area contributed by atoms with Gasteiger partial charge in [0.1, 0.15) is 0 Å². The molecule has 0 saturated heterocycles. The number of ether oxygens (including phenoxy) is 1. The second-order valence-corrected chi connectivity index (χ2v) is 3.95. The number of hydrogen-bond donors (Lipinski definition) is 1. The van der Waals surface area contributed by atoms with E-state index in [1.54, 1.807) is 0 Å². The fourth-order valence-electron chi connectivity index (χ4n) is 1.63. The molecule has 1 saturated carbocycles. The number of hydrogen-bond acceptors (Lipinski definition) is 4. The molecule has 4 nitrogen and oxygen atoms in total. The van der Waals surface area contributed by atoms with Gasteiger partial charge in [-0.1, -0.05) is 0 Å². The van der Waals surface area contributed by atoms with Gasteiger partial charge in [0.25, 0.3) is 0 Å². The van der Waals surface area contributed by atoms with Crippen molar-refractivity contribution in [2.24, 2.45) is 0 Å². The minimum absolute atomic E-state index is 0.395. The number of aliphatic hydroxyl groups excluding tert-OH is 1. The molecule has 1 atom stereocenters. The van der Waals surface area contributed by atoms with Gasteiger partial charge < -0.3 is 9.84 Å². The van der Waals surface area contributed by atoms with E-state index in [4.69, 9.17) is 10.00 Å². The molecular weight excluding hydrogens is 192 g/mol. The first-order valence-corrected chi connectivity index (χ1v) is 5.64. The van der Waals surface area contributed by atoms with Gasteiger partial charge in [-0.25, -0.2) is 0 Å². The molecule has 0 bridgehead atoms. The monoisotopic (exact) mass is 212 g/mol. The summed E-state index contributed by atoms with van der Waals surface area (Å²) in [7, 11) is 0. The Balaban J connectivity index is 2.21. The average Bonchev–Trinajstić information content (AvgIpc) is 3.04. The lowest BCUT2D eigenvalue weighted by Crippen LogP contribution is -2.37. The van der Waals surface area contributed by atoms with E-state index in [-0.39, 0.29) is 0 Å². The zero-order chi connectivity index (χ0) is 11.1. The molecule has 15 heavy (non-hydrogen) atoms. The summed E-state index contributed by atoms with van der Waals surface area (Å²) in [6, 6.07) is 2.73. The van der Waals surface area contributed by atoms with Gasteiger partial charge in [0, 0.05) is 32.2 Å². The van der Waals surface area contributed by atoms with Crippen molar-refractivity contribution in [2.75, 3.05) is 26.3 Å². The van der Waals surface area contributed by atoms with Gasteiger partial charge in [-0.15, -0.1) is 0 Å². The topological polar surface area (TPSA) is 56.5 Å². The maximum atomic E-state index is 9.68. The third-order valence-electron chi connectivity index (χ3n) is 2.53. The van der Waals surface area contributed by atoms with Gasteiger partial charge in [-0.05, 0) is 19.8 Å². The van der Waals surface area contributed by atoms with E-state index in [0.717, 1.165) is 6.54 Å². The minimum atomic E-state index is -0.427. The molecule has 0 heterocycles. The van der Waals surface area contributed by atoms with E-state index in [9.17, 15) is 5.11 Å². The third kappa shape index (κ3) is 5.12. The Morgan fingerprint density at radius 2 is 2.33 bits per heavy atom. The minimum Gasteiger partial charge on any atom is -0.389 e. The number of nitriles is 1. The Kier molecular flexibility index (Phi) is 5.62. The molecule has 1 rings (SSSR count). The van der Waals surface area contributed by atoms with Crippen LogP contribution in [0.2, 0.25) is 0 Å². The highest BCUT2D eigenvalue weighted by Gasteiger charge is 2.29. The summed E-state index contributed by atoms with van der Waals surface area (Å²) < 4.78 is 5.16. The summed E-state index contributed by atoms with van der Waals surface area (Å²) in [6.07, 6.45) is 2.52. The number of rotatable bonds is 8. The van der Waals surface area contributed by atoms with Gasteiger partial charge in [-0.2, -0.15) is 5.26 Å². The maximum absolute atomic E-state index is 9.68. The van der Waals surface area contributed by atoms with E-state index >= 15 is 0 Å². The molecule has 1 fully saturated rings. The van der Waals surface area contributed by atoms with Crippen molar-refractivity contribution in [1.82, 2.24) is 4.90 Å². The second kappa shape index (κ2) is 6.78. The van der Waals surface area contributed by atoms with Crippen molar-refractivity contribution in [2.45, 2.75) is 38.3 Å². The summed E-state index contributed by atoms with van der Waals surface area (Å²) in [5.41, 5.74) is 0. The Labute approximate surface area is 91.4 Å².